The second-order valence-electron chi connectivity index (χ2n) is 2.51. The van der Waals surface area contributed by atoms with Crippen molar-refractivity contribution in [3.8, 4) is 6.07 Å². The van der Waals surface area contributed by atoms with Gasteiger partial charge in [0.15, 0.2) is 0 Å². The van der Waals surface area contributed by atoms with Gasteiger partial charge in [0, 0.05) is 19.8 Å². The van der Waals surface area contributed by atoms with Crippen molar-refractivity contribution in [2.24, 2.45) is 5.92 Å². The van der Waals surface area contributed by atoms with Crippen molar-refractivity contribution in [1.29, 1.82) is 5.26 Å². The quantitative estimate of drug-likeness (QED) is 0.472. The Kier molecular flexibility index (Phi) is 9.37. The summed E-state index contributed by atoms with van der Waals surface area (Å²) in [4.78, 5) is 3.14. The van der Waals surface area contributed by atoms with Crippen LogP contribution in [0.1, 0.15) is 27.7 Å². The fourth-order valence-corrected chi connectivity index (χ4v) is 0. The Labute approximate surface area is 63.3 Å². The predicted octanol–water partition coefficient (Wildman–Crippen LogP) is 2.48. The maximum atomic E-state index is 7.89. The normalized spacial score (nSPS) is 7.60. The largest absolute Gasteiger partial charge is 0.314 e. The van der Waals surface area contributed by atoms with Gasteiger partial charge >= 0.3 is 0 Å². The van der Waals surface area contributed by atoms with Gasteiger partial charge in [0.25, 0.3) is 0 Å². The third kappa shape index (κ3) is 28.1. The van der Waals surface area contributed by atoms with Gasteiger partial charge in [-0.1, -0.05) is 0 Å². The third-order valence-electron chi connectivity index (χ3n) is 0.516. The first-order valence-electron chi connectivity index (χ1n) is 3.30. The molecule has 2 heteroatoms. The first-order chi connectivity index (χ1) is 4.54. The average molecular weight is 138 g/mol. The summed E-state index contributed by atoms with van der Waals surface area (Å²) in [6.07, 6.45) is 0. The van der Waals surface area contributed by atoms with E-state index in [0.717, 1.165) is 0 Å². The molecular weight excluding hydrogens is 124 g/mol. The van der Waals surface area contributed by atoms with Crippen LogP contribution in [-0.4, -0.2) is 6.04 Å². The van der Waals surface area contributed by atoms with Crippen LogP contribution in [0, 0.1) is 23.8 Å². The standard InChI is InChI=1S/2C4H7N/c1-4(2)5-3;1-4(2)3-5/h2*4H,1-2H3. The molecule has 0 aliphatic heterocycles. The molecule has 0 unspecified atom stereocenters. The highest BCUT2D eigenvalue weighted by Crippen LogP contribution is 1.82. The summed E-state index contributed by atoms with van der Waals surface area (Å²) in [5, 5.41) is 7.89. The second kappa shape index (κ2) is 7.98. The van der Waals surface area contributed by atoms with Crippen LogP contribution in [0.5, 0.6) is 0 Å². The molecule has 0 saturated carbocycles. The Balaban J connectivity index is 0. The molecule has 0 fully saturated rings. The molecule has 0 radical (unpaired) electrons. The topological polar surface area (TPSA) is 28.1 Å². The van der Waals surface area contributed by atoms with Crippen LogP contribution in [0.3, 0.4) is 0 Å². The lowest BCUT2D eigenvalue weighted by atomic mass is 10.3. The molecule has 0 aromatic heterocycles. The molecule has 0 aliphatic rings. The monoisotopic (exact) mass is 138 g/mol. The summed E-state index contributed by atoms with van der Waals surface area (Å²) in [5.74, 6) is 0.190. The zero-order valence-electron chi connectivity index (χ0n) is 7.05. The second-order valence-corrected chi connectivity index (χ2v) is 2.51. The van der Waals surface area contributed by atoms with Crippen LogP contribution in [0.4, 0.5) is 0 Å². The molecule has 0 aromatic carbocycles. The van der Waals surface area contributed by atoms with Crippen molar-refractivity contribution in [3.63, 3.8) is 0 Å². The Morgan fingerprint density at radius 3 is 1.50 bits per heavy atom. The highest BCUT2D eigenvalue weighted by molar-refractivity contribution is 4.72. The van der Waals surface area contributed by atoms with Crippen molar-refractivity contribution in [2.45, 2.75) is 33.7 Å². The number of nitrogens with zero attached hydrogens (tertiary/aromatic N) is 2. The molecule has 2 nitrogen and oxygen atoms in total. The highest BCUT2D eigenvalue weighted by atomic mass is 14.7. The predicted molar refractivity (Wildman–Crippen MR) is 42.2 cm³/mol. The van der Waals surface area contributed by atoms with E-state index >= 15 is 0 Å². The van der Waals surface area contributed by atoms with Gasteiger partial charge < -0.3 is 4.85 Å². The summed E-state index contributed by atoms with van der Waals surface area (Å²) in [6.45, 7) is 13.7. The molecule has 0 aliphatic carbocycles. The summed E-state index contributed by atoms with van der Waals surface area (Å²) in [5.41, 5.74) is 0. The Hall–Kier alpha value is -1.02. The number of hydrogen-bond acceptors (Lipinski definition) is 1. The van der Waals surface area contributed by atoms with Crippen LogP contribution in [-0.2, 0) is 0 Å². The molecule has 0 aromatic rings. The van der Waals surface area contributed by atoms with Crippen LogP contribution in [0.15, 0.2) is 0 Å². The minimum Gasteiger partial charge on any atom is -0.314 e. The van der Waals surface area contributed by atoms with Gasteiger partial charge in [-0.2, -0.15) is 5.26 Å². The van der Waals surface area contributed by atoms with Crippen molar-refractivity contribution in [2.75, 3.05) is 0 Å². The van der Waals surface area contributed by atoms with Crippen LogP contribution >= 0.6 is 0 Å². The lowest BCUT2D eigenvalue weighted by molar-refractivity contribution is 0.849. The summed E-state index contributed by atoms with van der Waals surface area (Å²) in [7, 11) is 0. The molecule has 56 valence electrons. The van der Waals surface area contributed by atoms with E-state index in [-0.39, 0.29) is 12.0 Å². The van der Waals surface area contributed by atoms with E-state index in [1.165, 1.54) is 0 Å². The van der Waals surface area contributed by atoms with E-state index in [0.29, 0.717) is 0 Å². The van der Waals surface area contributed by atoms with E-state index in [9.17, 15) is 0 Å². The van der Waals surface area contributed by atoms with Crippen molar-refractivity contribution in [1.82, 2.24) is 0 Å². The van der Waals surface area contributed by atoms with Crippen molar-refractivity contribution >= 4 is 0 Å². The molecule has 0 N–H and O–H groups in total. The number of nitriles is 1. The lowest BCUT2D eigenvalue weighted by Gasteiger charge is -1.75. The molecule has 0 heterocycles. The first-order valence-corrected chi connectivity index (χ1v) is 3.30. The zero-order chi connectivity index (χ0) is 8.57. The van der Waals surface area contributed by atoms with Gasteiger partial charge in [0.2, 0.25) is 6.04 Å². The van der Waals surface area contributed by atoms with E-state index in [2.05, 4.69) is 4.85 Å². The summed E-state index contributed by atoms with van der Waals surface area (Å²) in [6, 6.07) is 2.20. The van der Waals surface area contributed by atoms with Crippen LogP contribution in [0.2, 0.25) is 0 Å². The SMILES string of the molecule is CC(C)C#N.[C-]#[N+]C(C)C. The average Bonchev–Trinajstić information content (AvgIpc) is 1.89. The molecule has 0 amide bonds. The van der Waals surface area contributed by atoms with Gasteiger partial charge in [-0.05, 0) is 13.8 Å². The van der Waals surface area contributed by atoms with Crippen molar-refractivity contribution in [3.05, 3.63) is 11.4 Å². The Bertz CT molecular complexity index is 116. The minimum absolute atomic E-state index is 0.176. The van der Waals surface area contributed by atoms with Gasteiger partial charge in [0.05, 0.1) is 6.07 Å². The molecular formula is C8H14N2. The fraction of sp³-hybridized carbons (Fsp3) is 0.750. The van der Waals surface area contributed by atoms with E-state index in [4.69, 9.17) is 11.8 Å². The van der Waals surface area contributed by atoms with Gasteiger partial charge in [-0.15, -0.1) is 0 Å². The lowest BCUT2D eigenvalue weighted by Crippen LogP contribution is -1.78. The third-order valence-corrected chi connectivity index (χ3v) is 0.516. The molecule has 0 spiro atoms. The Morgan fingerprint density at radius 2 is 1.50 bits per heavy atom. The van der Waals surface area contributed by atoms with E-state index in [1.807, 2.05) is 33.8 Å². The van der Waals surface area contributed by atoms with E-state index < -0.39 is 0 Å². The molecule has 0 atom stereocenters. The maximum Gasteiger partial charge on any atom is 0.218 e. The van der Waals surface area contributed by atoms with Gasteiger partial charge in [-0.25, -0.2) is 6.57 Å². The number of rotatable bonds is 0. The van der Waals surface area contributed by atoms with Gasteiger partial charge in [0.1, 0.15) is 0 Å². The molecule has 0 rings (SSSR count). The maximum absolute atomic E-state index is 7.89. The summed E-state index contributed by atoms with van der Waals surface area (Å²) < 4.78 is 0. The minimum atomic E-state index is 0.176. The zero-order valence-corrected chi connectivity index (χ0v) is 7.05. The molecule has 10 heavy (non-hydrogen) atoms. The number of hydrogen-bond donors (Lipinski definition) is 0. The van der Waals surface area contributed by atoms with E-state index in [1.54, 1.807) is 0 Å². The van der Waals surface area contributed by atoms with Crippen LogP contribution in [0.25, 0.3) is 4.85 Å². The van der Waals surface area contributed by atoms with Crippen molar-refractivity contribution < 1.29 is 0 Å². The van der Waals surface area contributed by atoms with Gasteiger partial charge in [-0.3, -0.25) is 0 Å². The fourth-order valence-electron chi connectivity index (χ4n) is 0. The smallest absolute Gasteiger partial charge is 0.218 e. The Morgan fingerprint density at radius 1 is 1.30 bits per heavy atom. The molecule has 0 bridgehead atoms. The van der Waals surface area contributed by atoms with Crippen LogP contribution < -0.4 is 0 Å². The molecule has 0 saturated heterocycles. The summed E-state index contributed by atoms with van der Waals surface area (Å²) >= 11 is 0. The first kappa shape index (κ1) is 11.7. The highest BCUT2D eigenvalue weighted by Gasteiger charge is 1.83.